The van der Waals surface area contributed by atoms with Gasteiger partial charge < -0.3 is 4.74 Å². The van der Waals surface area contributed by atoms with Gasteiger partial charge in [-0.25, -0.2) is 5.48 Å². The molecule has 1 N–H and O–H groups in total. The normalized spacial score (nSPS) is 40.9. The quantitative estimate of drug-likeness (QED) is 0.782. The molecule has 4 nitrogen and oxygen atoms in total. The van der Waals surface area contributed by atoms with Crippen LogP contribution in [-0.4, -0.2) is 36.7 Å². The Morgan fingerprint density at radius 1 is 1.56 bits per heavy atom. The lowest BCUT2D eigenvalue weighted by molar-refractivity contribution is -0.143. The Hall–Kier alpha value is -0.740. The Bertz CT molecular complexity index is 297. The van der Waals surface area contributed by atoms with Gasteiger partial charge in [-0.05, 0) is 38.3 Å². The number of piperidine rings is 3. The summed E-state index contributed by atoms with van der Waals surface area (Å²) in [5, 5.41) is 0. The molecule has 1 unspecified atom stereocenters. The molecule has 2 bridgehead atoms. The second-order valence-corrected chi connectivity index (χ2v) is 5.07. The van der Waals surface area contributed by atoms with Crippen LogP contribution in [0.15, 0.2) is 12.0 Å². The van der Waals surface area contributed by atoms with Crippen molar-refractivity contribution in [1.29, 1.82) is 0 Å². The topological polar surface area (TPSA) is 33.7 Å². The van der Waals surface area contributed by atoms with Gasteiger partial charge in [0.15, 0.2) is 0 Å². The summed E-state index contributed by atoms with van der Waals surface area (Å²) in [7, 11) is 0. The van der Waals surface area contributed by atoms with Gasteiger partial charge in [-0.3, -0.25) is 9.74 Å². The third-order valence-corrected chi connectivity index (χ3v) is 3.93. The number of ether oxygens (including phenoxy) is 1. The Labute approximate surface area is 96.5 Å². The Morgan fingerprint density at radius 2 is 2.38 bits per heavy atom. The highest BCUT2D eigenvalue weighted by atomic mass is 16.7. The van der Waals surface area contributed by atoms with Gasteiger partial charge in [0.05, 0.1) is 6.61 Å². The van der Waals surface area contributed by atoms with Crippen molar-refractivity contribution in [2.45, 2.75) is 31.8 Å². The van der Waals surface area contributed by atoms with Crippen LogP contribution in [0.25, 0.3) is 0 Å². The molecule has 3 saturated heterocycles. The van der Waals surface area contributed by atoms with Gasteiger partial charge in [0.2, 0.25) is 5.88 Å². The standard InChI is InChI=1S/C12H20N2O2/c1-2-7-15-11-8-12(16-13-11)9-14-5-3-10(12)4-6-14/h8,10,13H,2-7,9H2,1H3. The Balaban J connectivity index is 1.72. The monoisotopic (exact) mass is 224 g/mol. The molecule has 0 saturated carbocycles. The van der Waals surface area contributed by atoms with E-state index in [9.17, 15) is 0 Å². The van der Waals surface area contributed by atoms with E-state index in [2.05, 4.69) is 23.4 Å². The van der Waals surface area contributed by atoms with Gasteiger partial charge >= 0.3 is 0 Å². The van der Waals surface area contributed by atoms with Gasteiger partial charge in [-0.15, -0.1) is 0 Å². The van der Waals surface area contributed by atoms with Crippen LogP contribution in [0.3, 0.4) is 0 Å². The zero-order valence-electron chi connectivity index (χ0n) is 9.87. The largest absolute Gasteiger partial charge is 0.478 e. The molecule has 0 aromatic heterocycles. The van der Waals surface area contributed by atoms with Gasteiger partial charge in [0, 0.05) is 12.6 Å². The number of hydrogen-bond donors (Lipinski definition) is 1. The van der Waals surface area contributed by atoms with Crippen molar-refractivity contribution in [3.05, 3.63) is 12.0 Å². The molecule has 0 amide bonds. The lowest BCUT2D eigenvalue weighted by atomic mass is 9.75. The van der Waals surface area contributed by atoms with Crippen molar-refractivity contribution in [3.8, 4) is 0 Å². The van der Waals surface area contributed by atoms with Crippen molar-refractivity contribution in [1.82, 2.24) is 10.4 Å². The Kier molecular flexibility index (Phi) is 2.56. The molecule has 4 heterocycles. The summed E-state index contributed by atoms with van der Waals surface area (Å²) < 4.78 is 5.59. The summed E-state index contributed by atoms with van der Waals surface area (Å²) in [6.45, 7) is 6.35. The highest BCUT2D eigenvalue weighted by molar-refractivity contribution is 5.17. The highest BCUT2D eigenvalue weighted by Gasteiger charge is 2.50. The van der Waals surface area contributed by atoms with Gasteiger partial charge in [-0.2, -0.15) is 0 Å². The second kappa shape index (κ2) is 3.93. The second-order valence-electron chi connectivity index (χ2n) is 5.07. The molecule has 0 aromatic rings. The molecule has 4 aliphatic rings. The van der Waals surface area contributed by atoms with Crippen LogP contribution in [0, 0.1) is 5.92 Å². The minimum Gasteiger partial charge on any atom is -0.478 e. The maximum Gasteiger partial charge on any atom is 0.209 e. The van der Waals surface area contributed by atoms with Crippen LogP contribution in [0.4, 0.5) is 0 Å². The predicted molar refractivity (Wildman–Crippen MR) is 60.4 cm³/mol. The first-order chi connectivity index (χ1) is 7.82. The summed E-state index contributed by atoms with van der Waals surface area (Å²) >= 11 is 0. The van der Waals surface area contributed by atoms with E-state index in [0.717, 1.165) is 25.5 Å². The molecular weight excluding hydrogens is 204 g/mol. The van der Waals surface area contributed by atoms with Crippen LogP contribution in [0.2, 0.25) is 0 Å². The van der Waals surface area contributed by atoms with Gasteiger partial charge in [-0.1, -0.05) is 6.92 Å². The number of hydroxylamine groups is 1. The van der Waals surface area contributed by atoms with Gasteiger partial charge in [0.1, 0.15) is 5.60 Å². The fourth-order valence-corrected chi connectivity index (χ4v) is 3.05. The first-order valence-corrected chi connectivity index (χ1v) is 6.34. The molecule has 4 rings (SSSR count). The molecule has 16 heavy (non-hydrogen) atoms. The van der Waals surface area contributed by atoms with Crippen LogP contribution < -0.4 is 5.48 Å². The van der Waals surface area contributed by atoms with Crippen LogP contribution in [-0.2, 0) is 9.57 Å². The van der Waals surface area contributed by atoms with Crippen LogP contribution in [0.5, 0.6) is 0 Å². The molecule has 0 radical (unpaired) electrons. The molecule has 0 aliphatic carbocycles. The van der Waals surface area contributed by atoms with Crippen LogP contribution >= 0.6 is 0 Å². The average Bonchev–Trinajstić information content (AvgIpc) is 2.71. The molecule has 1 spiro atoms. The third-order valence-electron chi connectivity index (χ3n) is 3.93. The van der Waals surface area contributed by atoms with Crippen LogP contribution in [0.1, 0.15) is 26.2 Å². The zero-order valence-corrected chi connectivity index (χ0v) is 9.87. The lowest BCUT2D eigenvalue weighted by Gasteiger charge is -2.48. The summed E-state index contributed by atoms with van der Waals surface area (Å²) in [5.41, 5.74) is 2.84. The van der Waals surface area contributed by atoms with E-state index in [1.54, 1.807) is 0 Å². The van der Waals surface area contributed by atoms with E-state index < -0.39 is 0 Å². The highest BCUT2D eigenvalue weighted by Crippen LogP contribution is 2.41. The third kappa shape index (κ3) is 1.60. The van der Waals surface area contributed by atoms with E-state index in [4.69, 9.17) is 9.57 Å². The van der Waals surface area contributed by atoms with Crippen molar-refractivity contribution in [2.75, 3.05) is 26.2 Å². The van der Waals surface area contributed by atoms with Crippen molar-refractivity contribution in [2.24, 2.45) is 5.92 Å². The predicted octanol–water partition coefficient (Wildman–Crippen LogP) is 1.25. The number of rotatable bonds is 3. The van der Waals surface area contributed by atoms with E-state index in [0.29, 0.717) is 5.92 Å². The Morgan fingerprint density at radius 3 is 3.00 bits per heavy atom. The maximum absolute atomic E-state index is 5.82. The summed E-state index contributed by atoms with van der Waals surface area (Å²) in [6, 6.07) is 0. The molecule has 90 valence electrons. The first-order valence-electron chi connectivity index (χ1n) is 6.34. The van der Waals surface area contributed by atoms with E-state index >= 15 is 0 Å². The molecular formula is C12H20N2O2. The molecule has 4 heteroatoms. The summed E-state index contributed by atoms with van der Waals surface area (Å²) in [5.74, 6) is 1.48. The van der Waals surface area contributed by atoms with Gasteiger partial charge in [0.25, 0.3) is 0 Å². The SMILES string of the molecule is CCCOC1=CC2(CN3CCC2CC3)ON1. The summed E-state index contributed by atoms with van der Waals surface area (Å²) in [6.07, 6.45) is 5.69. The van der Waals surface area contributed by atoms with E-state index in [1.807, 2.05) is 0 Å². The first kappa shape index (κ1) is 10.4. The minimum absolute atomic E-state index is 0.112. The summed E-state index contributed by atoms with van der Waals surface area (Å²) in [4.78, 5) is 8.30. The fraction of sp³-hybridized carbons (Fsp3) is 0.833. The van der Waals surface area contributed by atoms with Crippen molar-refractivity contribution < 1.29 is 9.57 Å². The van der Waals surface area contributed by atoms with E-state index in [1.165, 1.54) is 25.9 Å². The van der Waals surface area contributed by atoms with E-state index in [-0.39, 0.29) is 5.60 Å². The molecule has 4 aliphatic heterocycles. The lowest BCUT2D eigenvalue weighted by Crippen LogP contribution is -2.58. The van der Waals surface area contributed by atoms with Crippen molar-refractivity contribution >= 4 is 0 Å². The fourth-order valence-electron chi connectivity index (χ4n) is 3.05. The smallest absolute Gasteiger partial charge is 0.209 e. The number of nitrogens with one attached hydrogen (secondary N) is 1. The number of fused-ring (bicyclic) bond motifs is 2. The molecule has 3 fully saturated rings. The maximum atomic E-state index is 5.82. The molecule has 1 atom stereocenters. The minimum atomic E-state index is -0.112. The number of hydrogen-bond acceptors (Lipinski definition) is 4. The molecule has 0 aromatic carbocycles. The zero-order chi connectivity index (χ0) is 11.0. The number of nitrogens with zero attached hydrogens (tertiary/aromatic N) is 1. The van der Waals surface area contributed by atoms with Crippen molar-refractivity contribution in [3.63, 3.8) is 0 Å². The average molecular weight is 224 g/mol.